The Bertz CT molecular complexity index is 30.0. The van der Waals surface area contributed by atoms with Gasteiger partial charge in [0.25, 0.3) is 0 Å². The van der Waals surface area contributed by atoms with Crippen LogP contribution in [0.15, 0.2) is 0 Å². The highest BCUT2D eigenvalue weighted by atomic mass is 35.5. The Hall–Kier alpha value is 0.510. The minimum atomic E-state index is -0.657. The topological polar surface area (TPSA) is 0 Å². The average Bonchev–Trinajstić information content (AvgIpc) is 1.35. The number of halogens is 3. The Labute approximate surface area is 46.2 Å². The first-order valence-electron chi connectivity index (χ1n) is 1.45. The first-order chi connectivity index (χ1) is 2.77. The van der Waals surface area contributed by atoms with Crippen molar-refractivity contribution in [1.82, 2.24) is 0 Å². The Morgan fingerprint density at radius 1 is 1.67 bits per heavy atom. The van der Waals surface area contributed by atoms with Crippen molar-refractivity contribution in [3.8, 4) is 0 Å². The van der Waals surface area contributed by atoms with Crippen molar-refractivity contribution in [2.45, 2.75) is 4.84 Å². The summed E-state index contributed by atoms with van der Waals surface area (Å²) in [6.45, 7) is -0.558. The van der Waals surface area contributed by atoms with Gasteiger partial charge in [0.1, 0.15) is 4.84 Å². The summed E-state index contributed by atoms with van der Waals surface area (Å²) < 4.78 is 11.0. The quantitative estimate of drug-likeness (QED) is 0.501. The van der Waals surface area contributed by atoms with Crippen LogP contribution < -0.4 is 0 Å². The maximum Gasteiger partial charge on any atom is 0.113 e. The fourth-order valence-corrected chi connectivity index (χ4v) is 0.202. The second-order valence-electron chi connectivity index (χ2n) is 0.724. The van der Waals surface area contributed by atoms with E-state index in [2.05, 4.69) is 0 Å². The smallest absolute Gasteiger partial charge is 0.113 e. The van der Waals surface area contributed by atoms with Gasteiger partial charge >= 0.3 is 0 Å². The van der Waals surface area contributed by atoms with Crippen LogP contribution in [0.5, 0.6) is 0 Å². The van der Waals surface area contributed by atoms with E-state index in [9.17, 15) is 4.39 Å². The first-order valence-corrected chi connectivity index (χ1v) is 2.32. The highest BCUT2D eigenvalue weighted by Crippen LogP contribution is 2.04. The number of hydrogen-bond donors (Lipinski definition) is 0. The lowest BCUT2D eigenvalue weighted by molar-refractivity contribution is 0.538. The monoisotopic (exact) mass is 129 g/mol. The van der Waals surface area contributed by atoms with Crippen molar-refractivity contribution in [3.05, 3.63) is 6.42 Å². The molecule has 0 heterocycles. The molecule has 37 valence electrons. The van der Waals surface area contributed by atoms with Crippen molar-refractivity contribution in [3.63, 3.8) is 0 Å². The van der Waals surface area contributed by atoms with E-state index in [1.54, 1.807) is 0 Å². The molecule has 0 saturated heterocycles. The summed E-state index contributed by atoms with van der Waals surface area (Å²) in [5.74, 6) is 0. The molecule has 0 saturated carbocycles. The minimum absolute atomic E-state index is 0.558. The summed E-state index contributed by atoms with van der Waals surface area (Å²) in [5, 5.41) is 0. The minimum Gasteiger partial charge on any atom is -0.251 e. The summed E-state index contributed by atoms with van der Waals surface area (Å²) in [6, 6.07) is 0. The van der Waals surface area contributed by atoms with Crippen LogP contribution in [0.3, 0.4) is 0 Å². The molecule has 3 heteroatoms. The molecule has 1 radical (unpaired) electrons. The summed E-state index contributed by atoms with van der Waals surface area (Å²) in [5.41, 5.74) is 0. The van der Waals surface area contributed by atoms with Crippen LogP contribution in [0.4, 0.5) is 4.39 Å². The van der Waals surface area contributed by atoms with Gasteiger partial charge in [-0.15, -0.1) is 23.2 Å². The molecule has 0 spiro atoms. The molecule has 0 aromatic rings. The lowest BCUT2D eigenvalue weighted by atomic mass is 10.5. The van der Waals surface area contributed by atoms with Gasteiger partial charge in [0.05, 0.1) is 6.67 Å². The van der Waals surface area contributed by atoms with E-state index < -0.39 is 11.5 Å². The number of rotatable bonds is 2. The van der Waals surface area contributed by atoms with Gasteiger partial charge in [-0.05, 0) is 0 Å². The normalized spacial score (nSPS) is 10.0. The van der Waals surface area contributed by atoms with Gasteiger partial charge in [0, 0.05) is 6.42 Å². The third-order valence-electron chi connectivity index (χ3n) is 0.267. The van der Waals surface area contributed by atoms with Crippen LogP contribution in [0.1, 0.15) is 0 Å². The van der Waals surface area contributed by atoms with Crippen molar-refractivity contribution in [1.29, 1.82) is 0 Å². The standard InChI is InChI=1S/C3H4Cl2F/c4-3(5)1-2-6/h1,3H,2H2. The number of hydrogen-bond acceptors (Lipinski definition) is 0. The molecule has 0 atom stereocenters. The van der Waals surface area contributed by atoms with Crippen molar-refractivity contribution in [2.24, 2.45) is 0 Å². The zero-order chi connectivity index (χ0) is 4.99. The molecule has 6 heavy (non-hydrogen) atoms. The molecule has 0 rings (SSSR count). The van der Waals surface area contributed by atoms with Gasteiger partial charge < -0.3 is 0 Å². The zero-order valence-electron chi connectivity index (χ0n) is 3.00. The molecule has 0 N–H and O–H groups in total. The fraction of sp³-hybridized carbons (Fsp3) is 0.667. The van der Waals surface area contributed by atoms with E-state index >= 15 is 0 Å². The Kier molecular flexibility index (Phi) is 4.01. The molecule has 0 aromatic heterocycles. The molecule has 0 aliphatic heterocycles. The van der Waals surface area contributed by atoms with E-state index in [4.69, 9.17) is 23.2 Å². The van der Waals surface area contributed by atoms with Crippen LogP contribution in [0, 0.1) is 6.42 Å². The van der Waals surface area contributed by atoms with Crippen molar-refractivity contribution in [2.75, 3.05) is 6.67 Å². The second-order valence-corrected chi connectivity index (χ2v) is 1.89. The van der Waals surface area contributed by atoms with Crippen LogP contribution in [0.25, 0.3) is 0 Å². The Morgan fingerprint density at radius 3 is 2.17 bits per heavy atom. The van der Waals surface area contributed by atoms with Crippen molar-refractivity contribution >= 4 is 23.2 Å². The van der Waals surface area contributed by atoms with E-state index in [0.29, 0.717) is 0 Å². The molecule has 0 amide bonds. The molecule has 0 bridgehead atoms. The Balaban J connectivity index is 2.63. The summed E-state index contributed by atoms with van der Waals surface area (Å²) in [7, 11) is 0. The van der Waals surface area contributed by atoms with Gasteiger partial charge in [0.15, 0.2) is 0 Å². The lowest BCUT2D eigenvalue weighted by Crippen LogP contribution is -1.87. The van der Waals surface area contributed by atoms with Gasteiger partial charge in [-0.2, -0.15) is 0 Å². The predicted octanol–water partition coefficient (Wildman–Crippen LogP) is 1.96. The van der Waals surface area contributed by atoms with Gasteiger partial charge in [-0.1, -0.05) is 0 Å². The largest absolute Gasteiger partial charge is 0.251 e. The first kappa shape index (κ1) is 6.51. The highest BCUT2D eigenvalue weighted by Gasteiger charge is 1.94. The van der Waals surface area contributed by atoms with Crippen LogP contribution in [-0.4, -0.2) is 11.5 Å². The summed E-state index contributed by atoms with van der Waals surface area (Å²) in [6.07, 6.45) is 1.16. The van der Waals surface area contributed by atoms with E-state index in [0.717, 1.165) is 6.42 Å². The lowest BCUT2D eigenvalue weighted by Gasteiger charge is -1.87. The highest BCUT2D eigenvalue weighted by molar-refractivity contribution is 6.45. The molecule has 0 aliphatic rings. The van der Waals surface area contributed by atoms with Gasteiger partial charge in [-0.3, -0.25) is 4.39 Å². The van der Waals surface area contributed by atoms with Gasteiger partial charge in [-0.25, -0.2) is 0 Å². The summed E-state index contributed by atoms with van der Waals surface area (Å²) in [4.78, 5) is -0.657. The summed E-state index contributed by atoms with van der Waals surface area (Å²) >= 11 is 10.1. The Morgan fingerprint density at radius 2 is 2.17 bits per heavy atom. The molecule has 0 nitrogen and oxygen atoms in total. The third-order valence-corrected chi connectivity index (χ3v) is 0.624. The third kappa shape index (κ3) is 4.51. The molecular formula is C3H4Cl2F. The fourth-order valence-electron chi connectivity index (χ4n) is 0.0673. The van der Waals surface area contributed by atoms with Crippen LogP contribution in [0.2, 0.25) is 0 Å². The van der Waals surface area contributed by atoms with Crippen LogP contribution in [-0.2, 0) is 0 Å². The number of alkyl halides is 3. The second kappa shape index (κ2) is 3.69. The van der Waals surface area contributed by atoms with Crippen molar-refractivity contribution < 1.29 is 4.39 Å². The maximum absolute atomic E-state index is 11.0. The predicted molar refractivity (Wildman–Crippen MR) is 25.8 cm³/mol. The molecule has 0 aliphatic carbocycles. The van der Waals surface area contributed by atoms with E-state index in [-0.39, 0.29) is 0 Å². The van der Waals surface area contributed by atoms with E-state index in [1.165, 1.54) is 0 Å². The van der Waals surface area contributed by atoms with E-state index in [1.807, 2.05) is 0 Å². The molecule has 0 fully saturated rings. The maximum atomic E-state index is 11.0. The molecule has 0 aromatic carbocycles. The van der Waals surface area contributed by atoms with Gasteiger partial charge in [0.2, 0.25) is 0 Å². The average molecular weight is 130 g/mol. The molecular weight excluding hydrogens is 126 g/mol. The SMILES string of the molecule is FC[CH]C(Cl)Cl. The molecule has 0 unspecified atom stereocenters. The zero-order valence-corrected chi connectivity index (χ0v) is 4.51. The van der Waals surface area contributed by atoms with Crippen LogP contribution >= 0.6 is 23.2 Å².